The number of fused-ring (bicyclic) bond motifs is 8. The van der Waals surface area contributed by atoms with E-state index >= 15 is 0 Å². The summed E-state index contributed by atoms with van der Waals surface area (Å²) in [6, 6.07) is 63.1. The fraction of sp³-hybridized carbons (Fsp3) is 0.282. The van der Waals surface area contributed by atoms with Gasteiger partial charge in [-0.2, -0.15) is 0 Å². The van der Waals surface area contributed by atoms with E-state index < -0.39 is 23.9 Å². The lowest BCUT2D eigenvalue weighted by molar-refractivity contribution is -0.385. The van der Waals surface area contributed by atoms with E-state index in [1.54, 1.807) is 42.5 Å². The molecule has 3 atom stereocenters. The lowest BCUT2D eigenvalue weighted by atomic mass is 9.85. The first-order valence-electron chi connectivity index (χ1n) is 44.6. The molecule has 1 amide bonds. The van der Waals surface area contributed by atoms with E-state index in [9.17, 15) is 59.2 Å². The summed E-state index contributed by atoms with van der Waals surface area (Å²) in [5.41, 5.74) is 18.2. The van der Waals surface area contributed by atoms with Gasteiger partial charge < -0.3 is 92.6 Å². The van der Waals surface area contributed by atoms with Crippen molar-refractivity contribution in [2.24, 2.45) is 0 Å². The van der Waals surface area contributed by atoms with Gasteiger partial charge in [-0.1, -0.05) is 155 Å². The second kappa shape index (κ2) is 43.8. The number of nitrogens with one attached hydrogen (secondary N) is 5. The number of non-ortho nitro benzene ring substituents is 2. The predicted molar refractivity (Wildman–Crippen MR) is 503 cm³/mol. The van der Waals surface area contributed by atoms with Crippen LogP contribution in [0.25, 0.3) is 43.6 Å². The Bertz CT molecular complexity index is 6380. The molecule has 3 fully saturated rings. The van der Waals surface area contributed by atoms with Gasteiger partial charge in [0.2, 0.25) is 39.9 Å². The van der Waals surface area contributed by atoms with Gasteiger partial charge in [0.1, 0.15) is 6.42 Å². The molecule has 0 spiro atoms. The molecule has 31 nitrogen and oxygen atoms in total. The van der Waals surface area contributed by atoms with E-state index in [0.29, 0.717) is 71.1 Å². The second-order valence-electron chi connectivity index (χ2n) is 32.4. The molecule has 0 bridgehead atoms. The van der Waals surface area contributed by atoms with Crippen molar-refractivity contribution in [1.29, 1.82) is 0 Å². The number of ether oxygens (including phenoxy) is 10. The van der Waals surface area contributed by atoms with Crippen molar-refractivity contribution in [3.05, 3.63) is 312 Å². The average molecular weight is 1820 g/mol. The highest BCUT2D eigenvalue weighted by atomic mass is 16.7. The molecule has 0 aliphatic carbocycles. The molecule has 14 aromatic rings. The van der Waals surface area contributed by atoms with E-state index in [1.165, 1.54) is 33.2 Å². The van der Waals surface area contributed by atoms with Crippen LogP contribution >= 0.6 is 0 Å². The number of nitro groups is 2. The summed E-state index contributed by atoms with van der Waals surface area (Å²) in [7, 11) is 0. The standard InChI is InChI=1S/C31H31N3O5.2C20H19NO4.C10H13N3O2.C10H11N.C8H6O3.C4H4O4/c1-2-20-5-3-6-24-27(18-32-30(20)24)26(25-7-4-8-28-31(25)39-19-38-28)17-29(35)33-15-13-22(14-16-33)21-9-11-23(12-10-21)34(36)37;2*1-2-12-5-3-6-13-16(10-21-19(12)13)15(9-18(22)23)14-7-4-8-17-20(14)25-11-24-17;14-13(15)10-3-1-9(2-4-10)12-7-5-11-6-8-12;1-2-8-4-3-5-9-6-7-11-10(8)9;9-4-6-2-1-3-7-8(6)11-5-10-7;5-3-1-4(6)8-2-7-3/h3-12,18,22,26,32H,2,13-17,19H2,1H3;2*3-8,10,15,21H,2,9,11H2,1H3,(H,22,23);1-4,11H,5-8H2;3-7,11H,2H2,1H3;1-4H,5H2;1-2H2. The molecule has 7 aliphatic heterocycles. The van der Waals surface area contributed by atoms with Crippen molar-refractivity contribution in [3.63, 3.8) is 0 Å². The molecule has 3 unspecified atom stereocenters. The third kappa shape index (κ3) is 21.7. The maximum Gasteiger partial charge on any atom is 0.320 e. The van der Waals surface area contributed by atoms with Gasteiger partial charge in [-0.05, 0) is 143 Å². The van der Waals surface area contributed by atoms with Crippen LogP contribution in [0.4, 0.5) is 17.1 Å². The molecular formula is C103H103N9O22. The highest BCUT2D eigenvalue weighted by Gasteiger charge is 2.35. The van der Waals surface area contributed by atoms with Gasteiger partial charge in [-0.25, -0.2) is 0 Å². The van der Waals surface area contributed by atoms with Gasteiger partial charge in [-0.3, -0.25) is 49.0 Å². The number of carboxylic acid groups (broad SMARTS) is 2. The molecule has 11 heterocycles. The minimum absolute atomic E-state index is 0.0108. The monoisotopic (exact) mass is 1820 g/mol. The number of hydrogen-bond donors (Lipinski definition) is 7. The molecule has 692 valence electrons. The van der Waals surface area contributed by atoms with Crippen LogP contribution in [0.1, 0.15) is 161 Å². The number of nitrogens with zero attached hydrogens (tertiary/aromatic N) is 4. The third-order valence-electron chi connectivity index (χ3n) is 24.6. The number of carboxylic acids is 2. The Morgan fingerprint density at radius 3 is 1.21 bits per heavy atom. The molecule has 4 aromatic heterocycles. The zero-order chi connectivity index (χ0) is 93.7. The Hall–Kier alpha value is -15.7. The molecule has 10 aromatic carbocycles. The number of H-pyrrole nitrogens is 4. The number of benzene rings is 10. The maximum absolute atomic E-state index is 13.8. The van der Waals surface area contributed by atoms with Crippen LogP contribution in [0.5, 0.6) is 46.0 Å². The SMILES string of the molecule is CCc1cccc2c(C(CC(=O)N3CCC(c4ccc([N+](=O)[O-])cc4)CC3)c3cccc4c3OCO4)c[nH]c12.CCc1cccc2c(C(CC(=O)O)c3cccc4c3OCO4)c[nH]c12.CCc1cccc2c(C(CC(=O)O)c3cccc4c3OCO4)c[nH]c12.CCc1cccc2cc[nH]c12.O=C1CC(=O)OCO1.O=Cc1cccc2c1OCO2.O=[N+]([O-])c1ccc(N2CCNCC2)cc1. The lowest BCUT2D eigenvalue weighted by Gasteiger charge is -2.33. The fourth-order valence-electron chi connectivity index (χ4n) is 17.9. The average Bonchev–Trinajstić information content (AvgIpc) is 1.60. The molecule has 21 rings (SSSR count). The number of likely N-dealkylation sites (tertiary alicyclic amines) is 1. The summed E-state index contributed by atoms with van der Waals surface area (Å²) in [5, 5.41) is 48.2. The minimum Gasteiger partial charge on any atom is -0.481 e. The molecule has 31 heteroatoms. The Balaban J connectivity index is 0.000000127. The van der Waals surface area contributed by atoms with Crippen LogP contribution in [0, 0.1) is 20.2 Å². The largest absolute Gasteiger partial charge is 0.481 e. The number of piperidine rings is 1. The van der Waals surface area contributed by atoms with E-state index in [4.69, 9.17) is 37.9 Å². The number of amides is 1. The number of para-hydroxylation sites is 8. The number of anilines is 1. The van der Waals surface area contributed by atoms with Gasteiger partial charge in [0.25, 0.3) is 11.4 Å². The smallest absolute Gasteiger partial charge is 0.320 e. The summed E-state index contributed by atoms with van der Waals surface area (Å²) in [4.78, 5) is 106. The fourth-order valence-corrected chi connectivity index (χ4v) is 17.9. The van der Waals surface area contributed by atoms with Gasteiger partial charge in [-0.15, -0.1) is 0 Å². The summed E-state index contributed by atoms with van der Waals surface area (Å²) in [5.74, 6) is 2.14. The molecule has 134 heavy (non-hydrogen) atoms. The van der Waals surface area contributed by atoms with Crippen LogP contribution < -0.4 is 48.1 Å². The number of piperazine rings is 1. The van der Waals surface area contributed by atoms with Gasteiger partial charge in [0.05, 0.1) is 28.3 Å². The van der Waals surface area contributed by atoms with Crippen LogP contribution in [-0.2, 0) is 59.1 Å². The summed E-state index contributed by atoms with van der Waals surface area (Å²) in [6.45, 7) is 14.2. The topological polar surface area (TPSA) is 403 Å². The zero-order valence-electron chi connectivity index (χ0n) is 74.4. The number of hydrogen-bond acceptors (Lipinski definition) is 22. The van der Waals surface area contributed by atoms with E-state index in [-0.39, 0.29) is 104 Å². The first-order chi connectivity index (χ1) is 65.3. The summed E-state index contributed by atoms with van der Waals surface area (Å²) in [6.07, 6.45) is 14.2. The van der Waals surface area contributed by atoms with Crippen molar-refractivity contribution >= 4 is 96.7 Å². The van der Waals surface area contributed by atoms with E-state index in [0.717, 1.165) is 148 Å². The predicted octanol–water partition coefficient (Wildman–Crippen LogP) is 18.8. The number of aromatic nitrogens is 4. The third-order valence-corrected chi connectivity index (χ3v) is 24.6. The number of rotatable bonds is 21. The van der Waals surface area contributed by atoms with Crippen LogP contribution in [0.2, 0.25) is 0 Å². The number of carbonyl (C=O) groups is 6. The highest BCUT2D eigenvalue weighted by molar-refractivity contribution is 5.93. The van der Waals surface area contributed by atoms with Crippen molar-refractivity contribution in [2.75, 3.05) is 78.1 Å². The molecule has 0 saturated carbocycles. The molecule has 3 saturated heterocycles. The Morgan fingerprint density at radius 2 is 0.806 bits per heavy atom. The van der Waals surface area contributed by atoms with Crippen molar-refractivity contribution in [1.82, 2.24) is 30.2 Å². The van der Waals surface area contributed by atoms with Crippen LogP contribution in [0.15, 0.2) is 225 Å². The molecule has 7 N–H and O–H groups in total. The van der Waals surface area contributed by atoms with Gasteiger partial charge >= 0.3 is 23.9 Å². The Morgan fingerprint density at radius 1 is 0.425 bits per heavy atom. The lowest BCUT2D eigenvalue weighted by Crippen LogP contribution is -2.43. The van der Waals surface area contributed by atoms with E-state index in [2.05, 4.69) is 122 Å². The van der Waals surface area contributed by atoms with Gasteiger partial charge in [0, 0.05) is 173 Å². The highest BCUT2D eigenvalue weighted by Crippen LogP contribution is 2.49. The first kappa shape index (κ1) is 93.0. The molecule has 0 radical (unpaired) electrons. The van der Waals surface area contributed by atoms with Crippen LogP contribution in [0.3, 0.4) is 0 Å². The summed E-state index contributed by atoms with van der Waals surface area (Å²) >= 11 is 0. The zero-order valence-corrected chi connectivity index (χ0v) is 74.4. The number of aryl methyl sites for hydroxylation is 4. The minimum atomic E-state index is -0.845. The quantitative estimate of drug-likeness (QED) is 0.0115. The summed E-state index contributed by atoms with van der Waals surface area (Å²) < 4.78 is 52.4. The van der Waals surface area contributed by atoms with Crippen molar-refractivity contribution in [2.45, 2.75) is 116 Å². The van der Waals surface area contributed by atoms with Crippen molar-refractivity contribution < 1.29 is 96.2 Å². The first-order valence-corrected chi connectivity index (χ1v) is 44.6. The Kier molecular flexibility index (Phi) is 30.4. The maximum atomic E-state index is 13.8. The second-order valence-corrected chi connectivity index (χ2v) is 32.4. The van der Waals surface area contributed by atoms with Crippen molar-refractivity contribution in [3.8, 4) is 46.0 Å². The Labute approximate surface area is 770 Å². The number of cyclic esters (lactones) is 2. The number of carbonyl (C=O) groups excluding carboxylic acids is 4. The normalized spacial score (nSPS) is 14.8. The van der Waals surface area contributed by atoms with Gasteiger partial charge in [0.15, 0.2) is 52.3 Å². The number of aliphatic carboxylic acids is 2. The van der Waals surface area contributed by atoms with Crippen LogP contribution in [-0.4, -0.2) is 154 Å². The molecule has 7 aliphatic rings. The number of esters is 2. The number of aromatic amines is 4. The number of aldehydes is 1. The number of nitro benzene ring substituents is 2. The molecular weight excluding hydrogens is 1720 g/mol. The van der Waals surface area contributed by atoms with E-state index in [1.807, 2.05) is 133 Å².